The van der Waals surface area contributed by atoms with E-state index in [-0.39, 0.29) is 12.6 Å². The quantitative estimate of drug-likeness (QED) is 0.819. The molecule has 0 aliphatic carbocycles. The van der Waals surface area contributed by atoms with Gasteiger partial charge in [0.05, 0.1) is 13.7 Å². The van der Waals surface area contributed by atoms with E-state index >= 15 is 0 Å². The third-order valence-corrected chi connectivity index (χ3v) is 3.65. The summed E-state index contributed by atoms with van der Waals surface area (Å²) < 4.78 is 5.44. The van der Waals surface area contributed by atoms with Crippen LogP contribution in [0.1, 0.15) is 36.1 Å². The molecule has 2 aromatic rings. The SMILES string of the molecule is CCC(NCc1cccc(CO)c1)c1ccccc1OC. The van der Waals surface area contributed by atoms with Crippen molar-refractivity contribution in [1.29, 1.82) is 0 Å². The molecule has 0 heterocycles. The predicted molar refractivity (Wildman–Crippen MR) is 85.2 cm³/mol. The Morgan fingerprint density at radius 2 is 1.86 bits per heavy atom. The fourth-order valence-electron chi connectivity index (χ4n) is 2.51. The Morgan fingerprint density at radius 3 is 2.57 bits per heavy atom. The Balaban J connectivity index is 2.08. The molecule has 0 bridgehead atoms. The van der Waals surface area contributed by atoms with Crippen molar-refractivity contribution in [3.63, 3.8) is 0 Å². The van der Waals surface area contributed by atoms with Gasteiger partial charge in [-0.15, -0.1) is 0 Å². The number of hydrogen-bond acceptors (Lipinski definition) is 3. The number of methoxy groups -OCH3 is 1. The first-order valence-electron chi connectivity index (χ1n) is 7.33. The molecule has 0 aliphatic rings. The molecule has 3 nitrogen and oxygen atoms in total. The lowest BCUT2D eigenvalue weighted by molar-refractivity contribution is 0.281. The summed E-state index contributed by atoms with van der Waals surface area (Å²) >= 11 is 0. The zero-order chi connectivity index (χ0) is 15.1. The van der Waals surface area contributed by atoms with E-state index < -0.39 is 0 Å². The summed E-state index contributed by atoms with van der Waals surface area (Å²) in [6.07, 6.45) is 0.986. The van der Waals surface area contributed by atoms with Gasteiger partial charge in [0.1, 0.15) is 5.75 Å². The topological polar surface area (TPSA) is 41.5 Å². The van der Waals surface area contributed by atoms with Crippen molar-refractivity contribution in [1.82, 2.24) is 5.32 Å². The first-order chi connectivity index (χ1) is 10.3. The van der Waals surface area contributed by atoms with Crippen LogP contribution in [-0.4, -0.2) is 12.2 Å². The fourth-order valence-corrected chi connectivity index (χ4v) is 2.51. The second kappa shape index (κ2) is 7.81. The van der Waals surface area contributed by atoms with Crippen molar-refractivity contribution in [2.75, 3.05) is 7.11 Å². The van der Waals surface area contributed by atoms with Crippen LogP contribution in [0.4, 0.5) is 0 Å². The van der Waals surface area contributed by atoms with E-state index in [1.165, 1.54) is 11.1 Å². The Hall–Kier alpha value is -1.84. The molecule has 0 fully saturated rings. The molecule has 2 rings (SSSR count). The standard InChI is InChI=1S/C18H23NO2/c1-3-17(16-9-4-5-10-18(16)21-2)19-12-14-7-6-8-15(11-14)13-20/h4-11,17,19-20H,3,12-13H2,1-2H3. The van der Waals surface area contributed by atoms with Crippen molar-refractivity contribution in [2.24, 2.45) is 0 Å². The van der Waals surface area contributed by atoms with Gasteiger partial charge in [0.25, 0.3) is 0 Å². The van der Waals surface area contributed by atoms with E-state index in [2.05, 4.69) is 24.4 Å². The van der Waals surface area contributed by atoms with Crippen LogP contribution in [0.25, 0.3) is 0 Å². The van der Waals surface area contributed by atoms with Crippen LogP contribution < -0.4 is 10.1 Å². The van der Waals surface area contributed by atoms with Crippen molar-refractivity contribution < 1.29 is 9.84 Å². The summed E-state index contributed by atoms with van der Waals surface area (Å²) in [6, 6.07) is 16.4. The van der Waals surface area contributed by atoms with E-state index in [1.54, 1.807) is 7.11 Å². The third-order valence-electron chi connectivity index (χ3n) is 3.65. The van der Waals surface area contributed by atoms with Gasteiger partial charge in [-0.2, -0.15) is 0 Å². The molecule has 0 saturated heterocycles. The number of para-hydroxylation sites is 1. The lowest BCUT2D eigenvalue weighted by atomic mass is 10.0. The van der Waals surface area contributed by atoms with Crippen LogP contribution in [0.15, 0.2) is 48.5 Å². The molecule has 0 radical (unpaired) electrons. The van der Waals surface area contributed by atoms with Gasteiger partial charge in [0.2, 0.25) is 0 Å². The van der Waals surface area contributed by atoms with Crippen LogP contribution >= 0.6 is 0 Å². The highest BCUT2D eigenvalue weighted by molar-refractivity contribution is 5.36. The van der Waals surface area contributed by atoms with Gasteiger partial charge < -0.3 is 15.2 Å². The van der Waals surface area contributed by atoms with Gasteiger partial charge in [-0.25, -0.2) is 0 Å². The minimum atomic E-state index is 0.0809. The number of nitrogens with one attached hydrogen (secondary N) is 1. The number of aliphatic hydroxyl groups is 1. The molecule has 2 aromatic carbocycles. The molecule has 0 aliphatic heterocycles. The molecule has 1 atom stereocenters. The average Bonchev–Trinajstić information content (AvgIpc) is 2.56. The molecular formula is C18H23NO2. The maximum Gasteiger partial charge on any atom is 0.123 e. The van der Waals surface area contributed by atoms with Gasteiger partial charge in [0.15, 0.2) is 0 Å². The zero-order valence-corrected chi connectivity index (χ0v) is 12.7. The van der Waals surface area contributed by atoms with Crippen molar-refractivity contribution in [3.05, 3.63) is 65.2 Å². The second-order valence-corrected chi connectivity index (χ2v) is 5.06. The molecule has 21 heavy (non-hydrogen) atoms. The lowest BCUT2D eigenvalue weighted by Crippen LogP contribution is -2.21. The summed E-state index contributed by atoms with van der Waals surface area (Å²) in [4.78, 5) is 0. The molecule has 0 spiro atoms. The molecule has 2 N–H and O–H groups in total. The zero-order valence-electron chi connectivity index (χ0n) is 12.7. The second-order valence-electron chi connectivity index (χ2n) is 5.06. The predicted octanol–water partition coefficient (Wildman–Crippen LogP) is 3.43. The summed E-state index contributed by atoms with van der Waals surface area (Å²) in [5, 5.41) is 12.8. The Morgan fingerprint density at radius 1 is 1.10 bits per heavy atom. The first-order valence-corrected chi connectivity index (χ1v) is 7.33. The van der Waals surface area contributed by atoms with E-state index in [4.69, 9.17) is 4.74 Å². The number of aliphatic hydroxyl groups excluding tert-OH is 1. The summed E-state index contributed by atoms with van der Waals surface area (Å²) in [5.41, 5.74) is 3.30. The van der Waals surface area contributed by atoms with Crippen LogP contribution in [0.2, 0.25) is 0 Å². The Labute approximate surface area is 126 Å². The fraction of sp³-hybridized carbons (Fsp3) is 0.333. The van der Waals surface area contributed by atoms with Crippen LogP contribution in [-0.2, 0) is 13.2 Å². The van der Waals surface area contributed by atoms with E-state index in [0.29, 0.717) is 0 Å². The summed E-state index contributed by atoms with van der Waals surface area (Å²) in [5.74, 6) is 0.918. The monoisotopic (exact) mass is 285 g/mol. The van der Waals surface area contributed by atoms with Crippen LogP contribution in [0, 0.1) is 0 Å². The molecule has 1 unspecified atom stereocenters. The minimum Gasteiger partial charge on any atom is -0.496 e. The van der Waals surface area contributed by atoms with Gasteiger partial charge in [-0.1, -0.05) is 49.4 Å². The first kappa shape index (κ1) is 15.5. The van der Waals surface area contributed by atoms with E-state index in [9.17, 15) is 5.11 Å². The van der Waals surface area contributed by atoms with Crippen molar-refractivity contribution >= 4 is 0 Å². The lowest BCUT2D eigenvalue weighted by Gasteiger charge is -2.20. The maximum absolute atomic E-state index is 9.19. The number of benzene rings is 2. The molecule has 3 heteroatoms. The van der Waals surface area contributed by atoms with Crippen molar-refractivity contribution in [3.8, 4) is 5.75 Å². The van der Waals surface area contributed by atoms with Crippen LogP contribution in [0.5, 0.6) is 5.75 Å². The molecule has 0 aromatic heterocycles. The van der Waals surface area contributed by atoms with Gasteiger partial charge in [-0.05, 0) is 23.6 Å². The van der Waals surface area contributed by atoms with Crippen molar-refractivity contribution in [2.45, 2.75) is 32.5 Å². The number of rotatable bonds is 7. The number of hydrogen-bond donors (Lipinski definition) is 2. The molecule has 112 valence electrons. The van der Waals surface area contributed by atoms with E-state index in [0.717, 1.165) is 24.3 Å². The normalized spacial score (nSPS) is 12.1. The highest BCUT2D eigenvalue weighted by Gasteiger charge is 2.13. The molecule has 0 saturated carbocycles. The van der Waals surface area contributed by atoms with Gasteiger partial charge in [-0.3, -0.25) is 0 Å². The highest BCUT2D eigenvalue weighted by Crippen LogP contribution is 2.27. The Kier molecular flexibility index (Phi) is 5.78. The Bertz CT molecular complexity index is 569. The van der Waals surface area contributed by atoms with Crippen LogP contribution in [0.3, 0.4) is 0 Å². The third kappa shape index (κ3) is 4.06. The average molecular weight is 285 g/mol. The maximum atomic E-state index is 9.19. The molecule has 0 amide bonds. The smallest absolute Gasteiger partial charge is 0.123 e. The molecular weight excluding hydrogens is 262 g/mol. The summed E-state index contributed by atoms with van der Waals surface area (Å²) in [6.45, 7) is 3.01. The summed E-state index contributed by atoms with van der Waals surface area (Å²) in [7, 11) is 1.70. The van der Waals surface area contributed by atoms with Gasteiger partial charge >= 0.3 is 0 Å². The largest absolute Gasteiger partial charge is 0.496 e. The highest BCUT2D eigenvalue weighted by atomic mass is 16.5. The van der Waals surface area contributed by atoms with E-state index in [1.807, 2.05) is 36.4 Å². The minimum absolute atomic E-state index is 0.0809. The number of ether oxygens (including phenoxy) is 1. The van der Waals surface area contributed by atoms with Gasteiger partial charge in [0, 0.05) is 18.2 Å².